The smallest absolute Gasteiger partial charge is 0.477 e. The van der Waals surface area contributed by atoms with E-state index in [-0.39, 0.29) is 5.75 Å². The number of benzene rings is 1. The van der Waals surface area contributed by atoms with Crippen LogP contribution in [0.2, 0.25) is 0 Å². The van der Waals surface area contributed by atoms with Crippen molar-refractivity contribution in [2.24, 2.45) is 0 Å². The number of unbranched alkanes of at least 4 members (excludes halogenated alkanes) is 1. The summed E-state index contributed by atoms with van der Waals surface area (Å²) in [6, 6.07) is 9.14. The molecule has 0 aliphatic heterocycles. The Labute approximate surface area is 142 Å². The molecule has 0 spiro atoms. The van der Waals surface area contributed by atoms with Crippen molar-refractivity contribution in [3.05, 3.63) is 42.6 Å². The van der Waals surface area contributed by atoms with Crippen molar-refractivity contribution in [2.45, 2.75) is 26.1 Å². The fourth-order valence-electron chi connectivity index (χ4n) is 2.30. The number of imidazole rings is 1. The van der Waals surface area contributed by atoms with Crippen molar-refractivity contribution in [2.75, 3.05) is 6.61 Å². The van der Waals surface area contributed by atoms with Gasteiger partial charge in [-0.3, -0.25) is 0 Å². The second-order valence-electron chi connectivity index (χ2n) is 5.36. The number of ether oxygens (including phenoxy) is 2. The van der Waals surface area contributed by atoms with Crippen molar-refractivity contribution in [1.29, 1.82) is 0 Å². The zero-order valence-corrected chi connectivity index (χ0v) is 13.5. The molecule has 0 unspecified atom stereocenters. The normalized spacial score (nSPS) is 11.7. The Kier molecular flexibility index (Phi) is 4.78. The highest BCUT2D eigenvalue weighted by molar-refractivity contribution is 5.64. The van der Waals surface area contributed by atoms with Crippen LogP contribution in [-0.2, 0) is 0 Å². The Morgan fingerprint density at radius 3 is 2.76 bits per heavy atom. The molecule has 0 bridgehead atoms. The lowest BCUT2D eigenvalue weighted by Gasteiger charge is -2.10. The molecule has 0 aliphatic rings. The standard InChI is InChI=1S/C17H16F3N3O2/c1-2-3-9-24-16-8-7-15-21-11-14(23(15)22-16)12-5-4-6-13(10-12)25-17(18,19)20/h4-8,10-11H,2-3,9H2,1H3. The summed E-state index contributed by atoms with van der Waals surface area (Å²) >= 11 is 0. The first-order valence-corrected chi connectivity index (χ1v) is 7.80. The maximum Gasteiger partial charge on any atom is 0.573 e. The SMILES string of the molecule is CCCCOc1ccc2ncc(-c3cccc(OC(F)(F)F)c3)n2n1. The average molecular weight is 351 g/mol. The first-order valence-electron chi connectivity index (χ1n) is 7.80. The lowest BCUT2D eigenvalue weighted by Crippen LogP contribution is -2.17. The third-order valence-corrected chi connectivity index (χ3v) is 3.45. The van der Waals surface area contributed by atoms with Crippen molar-refractivity contribution in [1.82, 2.24) is 14.6 Å². The Hall–Kier alpha value is -2.77. The fraction of sp³-hybridized carbons (Fsp3) is 0.294. The van der Waals surface area contributed by atoms with Gasteiger partial charge in [0.05, 0.1) is 18.5 Å². The van der Waals surface area contributed by atoms with Crippen molar-refractivity contribution in [3.8, 4) is 22.9 Å². The van der Waals surface area contributed by atoms with Crippen LogP contribution in [0.5, 0.6) is 11.6 Å². The lowest BCUT2D eigenvalue weighted by molar-refractivity contribution is -0.274. The molecular formula is C17H16F3N3O2. The zero-order chi connectivity index (χ0) is 17.9. The molecule has 0 amide bonds. The first-order chi connectivity index (χ1) is 12.0. The number of hydrogen-bond acceptors (Lipinski definition) is 4. The third kappa shape index (κ3) is 4.20. The number of fused-ring (bicyclic) bond motifs is 1. The molecule has 1 aromatic carbocycles. The van der Waals surface area contributed by atoms with Gasteiger partial charge in [0.2, 0.25) is 5.88 Å². The summed E-state index contributed by atoms with van der Waals surface area (Å²) in [6.45, 7) is 2.61. The number of nitrogens with zero attached hydrogens (tertiary/aromatic N) is 3. The topological polar surface area (TPSA) is 48.7 Å². The van der Waals surface area contributed by atoms with Crippen LogP contribution in [0.3, 0.4) is 0 Å². The van der Waals surface area contributed by atoms with E-state index in [4.69, 9.17) is 4.74 Å². The number of halogens is 3. The summed E-state index contributed by atoms with van der Waals surface area (Å²) in [4.78, 5) is 4.22. The van der Waals surface area contributed by atoms with Crippen molar-refractivity contribution < 1.29 is 22.6 Å². The molecule has 0 saturated heterocycles. The van der Waals surface area contributed by atoms with E-state index in [2.05, 4.69) is 21.7 Å². The lowest BCUT2D eigenvalue weighted by atomic mass is 10.1. The van der Waals surface area contributed by atoms with E-state index in [0.29, 0.717) is 29.4 Å². The van der Waals surface area contributed by atoms with Gasteiger partial charge < -0.3 is 9.47 Å². The minimum Gasteiger partial charge on any atom is -0.477 e. The Bertz CT molecular complexity index is 862. The molecule has 25 heavy (non-hydrogen) atoms. The maximum absolute atomic E-state index is 12.4. The molecule has 0 aliphatic carbocycles. The minimum atomic E-state index is -4.74. The summed E-state index contributed by atoms with van der Waals surface area (Å²) in [7, 11) is 0. The second kappa shape index (κ2) is 7.00. The van der Waals surface area contributed by atoms with Crippen LogP contribution >= 0.6 is 0 Å². The highest BCUT2D eigenvalue weighted by Gasteiger charge is 2.31. The Morgan fingerprint density at radius 2 is 2.00 bits per heavy atom. The quantitative estimate of drug-likeness (QED) is 0.615. The van der Waals surface area contributed by atoms with Crippen LogP contribution in [0.15, 0.2) is 42.6 Å². The molecule has 0 saturated carbocycles. The largest absolute Gasteiger partial charge is 0.573 e. The molecule has 5 nitrogen and oxygen atoms in total. The number of rotatable bonds is 6. The molecule has 2 aromatic heterocycles. The van der Waals surface area contributed by atoms with Gasteiger partial charge in [0.15, 0.2) is 5.65 Å². The van der Waals surface area contributed by atoms with E-state index in [0.717, 1.165) is 12.8 Å². The van der Waals surface area contributed by atoms with Gasteiger partial charge in [-0.2, -0.15) is 0 Å². The number of aromatic nitrogens is 3. The highest BCUT2D eigenvalue weighted by atomic mass is 19.4. The molecule has 2 heterocycles. The molecule has 0 N–H and O–H groups in total. The van der Waals surface area contributed by atoms with Crippen LogP contribution in [0.4, 0.5) is 13.2 Å². The van der Waals surface area contributed by atoms with E-state index >= 15 is 0 Å². The Balaban J connectivity index is 1.92. The predicted molar refractivity (Wildman–Crippen MR) is 85.5 cm³/mol. The van der Waals surface area contributed by atoms with Gasteiger partial charge in [-0.05, 0) is 24.6 Å². The second-order valence-corrected chi connectivity index (χ2v) is 5.36. The first kappa shape index (κ1) is 17.1. The van der Waals surface area contributed by atoms with E-state index in [1.165, 1.54) is 22.7 Å². The van der Waals surface area contributed by atoms with Gasteiger partial charge in [-0.1, -0.05) is 25.5 Å². The summed E-state index contributed by atoms with van der Waals surface area (Å²) in [6.07, 6.45) is -1.28. The zero-order valence-electron chi connectivity index (χ0n) is 13.5. The molecular weight excluding hydrogens is 335 g/mol. The van der Waals surface area contributed by atoms with Gasteiger partial charge in [0, 0.05) is 11.6 Å². The van der Waals surface area contributed by atoms with E-state index < -0.39 is 6.36 Å². The number of hydrogen-bond donors (Lipinski definition) is 0. The molecule has 3 rings (SSSR count). The van der Waals surface area contributed by atoms with Crippen LogP contribution < -0.4 is 9.47 Å². The van der Waals surface area contributed by atoms with Crippen molar-refractivity contribution >= 4 is 5.65 Å². The highest BCUT2D eigenvalue weighted by Crippen LogP contribution is 2.28. The van der Waals surface area contributed by atoms with Crippen LogP contribution in [0.25, 0.3) is 16.9 Å². The van der Waals surface area contributed by atoms with Crippen LogP contribution in [0, 0.1) is 0 Å². The molecule has 0 atom stereocenters. The van der Waals surface area contributed by atoms with Gasteiger partial charge in [-0.25, -0.2) is 9.50 Å². The summed E-state index contributed by atoms with van der Waals surface area (Å²) < 4.78 is 48.3. The molecule has 132 valence electrons. The molecule has 3 aromatic rings. The van der Waals surface area contributed by atoms with Gasteiger partial charge in [-0.15, -0.1) is 18.3 Å². The van der Waals surface area contributed by atoms with Gasteiger partial charge in [0.1, 0.15) is 5.75 Å². The maximum atomic E-state index is 12.4. The monoisotopic (exact) mass is 351 g/mol. The predicted octanol–water partition coefficient (Wildman–Crippen LogP) is 4.47. The van der Waals surface area contributed by atoms with E-state index in [1.807, 2.05) is 0 Å². The van der Waals surface area contributed by atoms with Crippen LogP contribution in [0.1, 0.15) is 19.8 Å². The van der Waals surface area contributed by atoms with E-state index in [9.17, 15) is 13.2 Å². The molecule has 8 heteroatoms. The molecule has 0 fully saturated rings. The third-order valence-electron chi connectivity index (χ3n) is 3.45. The minimum absolute atomic E-state index is 0.296. The van der Waals surface area contributed by atoms with Crippen LogP contribution in [-0.4, -0.2) is 27.6 Å². The Morgan fingerprint density at radius 1 is 1.16 bits per heavy atom. The van der Waals surface area contributed by atoms with Crippen molar-refractivity contribution in [3.63, 3.8) is 0 Å². The average Bonchev–Trinajstić information content (AvgIpc) is 2.97. The van der Waals surface area contributed by atoms with Gasteiger partial charge >= 0.3 is 6.36 Å². The fourth-order valence-corrected chi connectivity index (χ4v) is 2.30. The van der Waals surface area contributed by atoms with Gasteiger partial charge in [0.25, 0.3) is 0 Å². The summed E-state index contributed by atoms with van der Waals surface area (Å²) in [5.74, 6) is 0.137. The van der Waals surface area contributed by atoms with E-state index in [1.54, 1.807) is 24.4 Å². The molecule has 0 radical (unpaired) electrons. The number of alkyl halides is 3. The summed E-state index contributed by atoms with van der Waals surface area (Å²) in [5.41, 5.74) is 1.62. The summed E-state index contributed by atoms with van der Waals surface area (Å²) in [5, 5.41) is 4.36.